The summed E-state index contributed by atoms with van der Waals surface area (Å²) in [6.45, 7) is 3.03. The van der Waals surface area contributed by atoms with Gasteiger partial charge in [0.25, 0.3) is 10.0 Å². The van der Waals surface area contributed by atoms with Gasteiger partial charge in [0.15, 0.2) is 0 Å². The van der Waals surface area contributed by atoms with Gasteiger partial charge in [-0.05, 0) is 80.3 Å². The highest BCUT2D eigenvalue weighted by Crippen LogP contribution is 2.27. The zero-order valence-corrected chi connectivity index (χ0v) is 24.8. The number of benzene rings is 3. The van der Waals surface area contributed by atoms with Crippen molar-refractivity contribution in [3.05, 3.63) is 94.0 Å². The molecule has 212 valence electrons. The maximum Gasteiger partial charge on any atom is 0.264 e. The summed E-state index contributed by atoms with van der Waals surface area (Å²) in [7, 11) is -4.16. The molecule has 4 rings (SSSR count). The molecule has 0 radical (unpaired) electrons. The number of nitrogens with one attached hydrogen (secondary N) is 1. The first-order chi connectivity index (χ1) is 19.1. The number of hydrogen-bond acceptors (Lipinski definition) is 4. The number of halogens is 2. The molecule has 1 atom stereocenters. The highest BCUT2D eigenvalue weighted by atomic mass is 35.5. The second-order valence-electron chi connectivity index (χ2n) is 10.1. The van der Waals surface area contributed by atoms with Crippen molar-refractivity contribution < 1.29 is 18.0 Å². The van der Waals surface area contributed by atoms with Gasteiger partial charge in [-0.2, -0.15) is 0 Å². The Morgan fingerprint density at radius 2 is 1.65 bits per heavy atom. The lowest BCUT2D eigenvalue weighted by molar-refractivity contribution is -0.139. The Morgan fingerprint density at radius 3 is 2.30 bits per heavy atom. The molecule has 0 aliphatic heterocycles. The minimum Gasteiger partial charge on any atom is -0.352 e. The predicted molar refractivity (Wildman–Crippen MR) is 159 cm³/mol. The van der Waals surface area contributed by atoms with Crippen LogP contribution in [0.15, 0.2) is 77.7 Å². The number of amides is 2. The monoisotopic (exact) mass is 601 g/mol. The Bertz CT molecular complexity index is 1460. The summed E-state index contributed by atoms with van der Waals surface area (Å²) in [6, 6.07) is 19.0. The van der Waals surface area contributed by atoms with E-state index in [9.17, 15) is 18.0 Å². The summed E-state index contributed by atoms with van der Waals surface area (Å²) in [5.74, 6) is -0.817. The molecule has 1 aliphatic carbocycles. The first-order valence-corrected chi connectivity index (χ1v) is 15.4. The van der Waals surface area contributed by atoms with Gasteiger partial charge in [0, 0.05) is 22.6 Å². The van der Waals surface area contributed by atoms with Crippen LogP contribution in [0.5, 0.6) is 0 Å². The average Bonchev–Trinajstić information content (AvgIpc) is 3.44. The normalized spacial score (nSPS) is 14.5. The molecule has 0 bridgehead atoms. The van der Waals surface area contributed by atoms with E-state index in [2.05, 4.69) is 5.32 Å². The van der Waals surface area contributed by atoms with E-state index >= 15 is 0 Å². The van der Waals surface area contributed by atoms with Crippen molar-refractivity contribution in [3.63, 3.8) is 0 Å². The maximum absolute atomic E-state index is 14.0. The van der Waals surface area contributed by atoms with E-state index in [-0.39, 0.29) is 23.4 Å². The standard InChI is InChI=1S/C30H33Cl2N3O4S/c1-21-8-7-12-26(18-21)35(40(38,39)27-16-14-24(31)15-17-27)20-29(36)34(19-23-9-3-6-13-28(23)32)22(2)30(37)33-25-10-4-5-11-25/h3,6-9,12-18,22,25H,4-5,10-11,19-20H2,1-2H3,(H,33,37). The van der Waals surface area contributed by atoms with Crippen LogP contribution in [0.2, 0.25) is 10.0 Å². The molecule has 1 unspecified atom stereocenters. The maximum atomic E-state index is 14.0. The second-order valence-corrected chi connectivity index (χ2v) is 12.8. The molecule has 7 nitrogen and oxygen atoms in total. The van der Waals surface area contributed by atoms with Gasteiger partial charge in [0.05, 0.1) is 10.6 Å². The van der Waals surface area contributed by atoms with E-state index in [1.54, 1.807) is 49.4 Å². The first-order valence-electron chi connectivity index (χ1n) is 13.2. The van der Waals surface area contributed by atoms with Gasteiger partial charge < -0.3 is 10.2 Å². The van der Waals surface area contributed by atoms with Crippen molar-refractivity contribution in [3.8, 4) is 0 Å². The number of sulfonamides is 1. The predicted octanol–water partition coefficient (Wildman–Crippen LogP) is 5.97. The lowest BCUT2D eigenvalue weighted by Crippen LogP contribution is -2.52. The third-order valence-electron chi connectivity index (χ3n) is 7.14. The SMILES string of the molecule is Cc1cccc(N(CC(=O)N(Cc2ccccc2Cl)C(C)C(=O)NC2CCCC2)S(=O)(=O)c2ccc(Cl)cc2)c1. The summed E-state index contributed by atoms with van der Waals surface area (Å²) in [6.07, 6.45) is 3.90. The number of nitrogens with zero attached hydrogens (tertiary/aromatic N) is 2. The fraction of sp³-hybridized carbons (Fsp3) is 0.333. The molecule has 2 amide bonds. The van der Waals surface area contributed by atoms with Crippen LogP contribution in [-0.4, -0.2) is 43.8 Å². The summed E-state index contributed by atoms with van der Waals surface area (Å²) in [5.41, 5.74) is 1.82. The van der Waals surface area contributed by atoms with Crippen molar-refractivity contribution in [1.82, 2.24) is 10.2 Å². The first kappa shape index (κ1) is 29.9. The quantitative estimate of drug-likeness (QED) is 0.310. The van der Waals surface area contributed by atoms with Crippen molar-refractivity contribution in [1.29, 1.82) is 0 Å². The summed E-state index contributed by atoms with van der Waals surface area (Å²) < 4.78 is 28.8. The van der Waals surface area contributed by atoms with Gasteiger partial charge in [-0.1, -0.05) is 66.4 Å². The largest absolute Gasteiger partial charge is 0.352 e. The average molecular weight is 603 g/mol. The number of rotatable bonds is 10. The number of hydrogen-bond donors (Lipinski definition) is 1. The van der Waals surface area contributed by atoms with Crippen LogP contribution in [0.1, 0.15) is 43.7 Å². The Labute approximate surface area is 246 Å². The Hall–Kier alpha value is -3.07. The van der Waals surface area contributed by atoms with Gasteiger partial charge in [0.2, 0.25) is 11.8 Å². The van der Waals surface area contributed by atoms with Gasteiger partial charge in [-0.15, -0.1) is 0 Å². The molecule has 1 saturated carbocycles. The Kier molecular flexibility index (Phi) is 9.77. The molecule has 3 aromatic rings. The van der Waals surface area contributed by atoms with Crippen molar-refractivity contribution >= 4 is 50.7 Å². The minimum atomic E-state index is -4.16. The molecular formula is C30H33Cl2N3O4S. The van der Waals surface area contributed by atoms with E-state index in [4.69, 9.17) is 23.2 Å². The van der Waals surface area contributed by atoms with E-state index in [1.165, 1.54) is 29.2 Å². The van der Waals surface area contributed by atoms with Gasteiger partial charge >= 0.3 is 0 Å². The molecule has 1 N–H and O–H groups in total. The summed E-state index contributed by atoms with van der Waals surface area (Å²) >= 11 is 12.4. The smallest absolute Gasteiger partial charge is 0.264 e. The van der Waals surface area contributed by atoms with E-state index in [0.29, 0.717) is 21.3 Å². The van der Waals surface area contributed by atoms with Crippen LogP contribution >= 0.6 is 23.2 Å². The highest BCUT2D eigenvalue weighted by Gasteiger charge is 2.33. The zero-order valence-electron chi connectivity index (χ0n) is 22.5. The van der Waals surface area contributed by atoms with Crippen LogP contribution in [0.3, 0.4) is 0 Å². The van der Waals surface area contributed by atoms with Crippen LogP contribution in [0.4, 0.5) is 5.69 Å². The molecule has 1 fully saturated rings. The third-order valence-corrected chi connectivity index (χ3v) is 9.55. The Morgan fingerprint density at radius 1 is 0.975 bits per heavy atom. The number of anilines is 1. The molecule has 1 aliphatic rings. The fourth-order valence-electron chi connectivity index (χ4n) is 4.83. The van der Waals surface area contributed by atoms with Gasteiger partial charge in [-0.3, -0.25) is 13.9 Å². The highest BCUT2D eigenvalue weighted by molar-refractivity contribution is 7.92. The zero-order chi connectivity index (χ0) is 28.9. The molecule has 10 heteroatoms. The van der Waals surface area contributed by atoms with Gasteiger partial charge in [0.1, 0.15) is 12.6 Å². The minimum absolute atomic E-state index is 0.00381. The molecule has 0 saturated heterocycles. The lowest BCUT2D eigenvalue weighted by atomic mass is 10.1. The number of carbonyl (C=O) groups excluding carboxylic acids is 2. The van der Waals surface area contributed by atoms with Crippen molar-refractivity contribution in [2.75, 3.05) is 10.8 Å². The fourth-order valence-corrected chi connectivity index (χ4v) is 6.56. The topological polar surface area (TPSA) is 86.8 Å². The summed E-state index contributed by atoms with van der Waals surface area (Å²) in [4.78, 5) is 28.7. The number of carbonyl (C=O) groups is 2. The van der Waals surface area contributed by atoms with Crippen molar-refractivity contribution in [2.24, 2.45) is 0 Å². The van der Waals surface area contributed by atoms with Crippen LogP contribution in [0.25, 0.3) is 0 Å². The number of aryl methyl sites for hydroxylation is 1. The lowest BCUT2D eigenvalue weighted by Gasteiger charge is -2.32. The second kappa shape index (κ2) is 13.1. The molecule has 0 heterocycles. The van der Waals surface area contributed by atoms with E-state index in [1.807, 2.05) is 13.0 Å². The van der Waals surface area contributed by atoms with Gasteiger partial charge in [-0.25, -0.2) is 8.42 Å². The third kappa shape index (κ3) is 7.16. The molecule has 3 aromatic carbocycles. The van der Waals surface area contributed by atoms with E-state index in [0.717, 1.165) is 35.6 Å². The molecule has 0 aromatic heterocycles. The van der Waals surface area contributed by atoms with Crippen LogP contribution in [0, 0.1) is 6.92 Å². The van der Waals surface area contributed by atoms with E-state index < -0.39 is 28.5 Å². The summed E-state index contributed by atoms with van der Waals surface area (Å²) in [5, 5.41) is 3.90. The Balaban J connectivity index is 1.69. The van der Waals surface area contributed by atoms with Crippen molar-refractivity contribution in [2.45, 2.75) is 63.1 Å². The van der Waals surface area contributed by atoms with Crippen LogP contribution in [-0.2, 0) is 26.2 Å². The van der Waals surface area contributed by atoms with Crippen LogP contribution < -0.4 is 9.62 Å². The molecule has 0 spiro atoms. The molecule has 40 heavy (non-hydrogen) atoms. The molecular weight excluding hydrogens is 569 g/mol.